The van der Waals surface area contributed by atoms with Crippen molar-refractivity contribution in [2.45, 2.75) is 61.8 Å². The average molecular weight is 447 g/mol. The number of nitrogens with zero attached hydrogens (tertiary/aromatic N) is 1. The maximum absolute atomic E-state index is 13.4. The predicted molar refractivity (Wildman–Crippen MR) is 112 cm³/mol. The van der Waals surface area contributed by atoms with Crippen LogP contribution in [-0.2, 0) is 19.7 Å². The minimum absolute atomic E-state index is 0.00286. The molecule has 2 fully saturated rings. The number of nitrogens with one attached hydrogen (secondary N) is 1. The van der Waals surface area contributed by atoms with Gasteiger partial charge in [0.2, 0.25) is 0 Å². The molecule has 2 atom stereocenters. The van der Waals surface area contributed by atoms with Gasteiger partial charge < -0.3 is 5.32 Å². The molecule has 2 heterocycles. The first-order chi connectivity index (χ1) is 13.4. The van der Waals surface area contributed by atoms with Crippen molar-refractivity contribution in [2.75, 3.05) is 31.1 Å². The van der Waals surface area contributed by atoms with Crippen molar-refractivity contribution in [1.82, 2.24) is 10.2 Å². The molecule has 0 amide bonds. The first-order valence-corrected chi connectivity index (χ1v) is 13.5. The van der Waals surface area contributed by atoms with Crippen LogP contribution in [0.4, 0.5) is 4.39 Å². The van der Waals surface area contributed by atoms with Crippen LogP contribution in [0.5, 0.6) is 0 Å². The highest BCUT2D eigenvalue weighted by Crippen LogP contribution is 2.29. The maximum Gasteiger partial charge on any atom is 0.184 e. The molecular formula is C20H31FN2O4S2. The Kier molecular flexibility index (Phi) is 6.44. The number of hydrogen-bond donors (Lipinski definition) is 1. The Morgan fingerprint density at radius 3 is 2.45 bits per heavy atom. The highest BCUT2D eigenvalue weighted by molar-refractivity contribution is 7.96. The molecule has 2 saturated heterocycles. The van der Waals surface area contributed by atoms with E-state index in [1.165, 1.54) is 19.4 Å². The van der Waals surface area contributed by atoms with Gasteiger partial charge in [0.1, 0.15) is 5.82 Å². The molecule has 3 rings (SSSR count). The van der Waals surface area contributed by atoms with Gasteiger partial charge in [0, 0.05) is 18.1 Å². The lowest BCUT2D eigenvalue weighted by molar-refractivity contribution is 0.0925. The molecule has 0 aliphatic carbocycles. The number of likely N-dealkylation sites (tertiary alicyclic amines) is 1. The highest BCUT2D eigenvalue weighted by Gasteiger charge is 2.46. The Morgan fingerprint density at radius 2 is 1.83 bits per heavy atom. The summed E-state index contributed by atoms with van der Waals surface area (Å²) in [5.41, 5.74) is 0.0917. The lowest BCUT2D eigenvalue weighted by Crippen LogP contribution is -2.56. The SMILES string of the molecule is Cc1cc(F)ccc1S(=O)(=O)[C@H]1CS(=O)(=O)C[C@@H]1NCC(C)(C)N1CCCCC1. The third-order valence-corrected chi connectivity index (χ3v) is 10.5. The van der Waals surface area contributed by atoms with Crippen molar-refractivity contribution in [3.8, 4) is 0 Å². The number of piperidine rings is 1. The van der Waals surface area contributed by atoms with Gasteiger partial charge in [-0.1, -0.05) is 6.42 Å². The van der Waals surface area contributed by atoms with Crippen LogP contribution in [0, 0.1) is 12.7 Å². The molecule has 2 aliphatic heterocycles. The molecule has 1 aromatic rings. The lowest BCUT2D eigenvalue weighted by Gasteiger charge is -2.42. The van der Waals surface area contributed by atoms with E-state index in [0.29, 0.717) is 12.1 Å². The fourth-order valence-corrected chi connectivity index (χ4v) is 9.34. The molecule has 0 unspecified atom stereocenters. The number of rotatable bonds is 6. The van der Waals surface area contributed by atoms with Crippen molar-refractivity contribution in [1.29, 1.82) is 0 Å². The smallest absolute Gasteiger partial charge is 0.184 e. The molecule has 9 heteroatoms. The second-order valence-electron chi connectivity index (χ2n) is 8.92. The molecule has 6 nitrogen and oxygen atoms in total. The number of sulfone groups is 2. The second kappa shape index (κ2) is 8.24. The second-order valence-corrected chi connectivity index (χ2v) is 13.2. The Balaban J connectivity index is 1.81. The fourth-order valence-electron chi connectivity index (χ4n) is 4.40. The van der Waals surface area contributed by atoms with E-state index in [4.69, 9.17) is 0 Å². The van der Waals surface area contributed by atoms with E-state index in [1.807, 2.05) is 0 Å². The Labute approximate surface area is 173 Å². The Morgan fingerprint density at radius 1 is 1.17 bits per heavy atom. The van der Waals surface area contributed by atoms with E-state index >= 15 is 0 Å². The van der Waals surface area contributed by atoms with Gasteiger partial charge in [-0.2, -0.15) is 0 Å². The van der Waals surface area contributed by atoms with Crippen molar-refractivity contribution >= 4 is 19.7 Å². The van der Waals surface area contributed by atoms with Gasteiger partial charge in [-0.25, -0.2) is 21.2 Å². The fraction of sp³-hybridized carbons (Fsp3) is 0.700. The summed E-state index contributed by atoms with van der Waals surface area (Å²) in [6.45, 7) is 8.22. The van der Waals surface area contributed by atoms with Crippen molar-refractivity contribution in [3.05, 3.63) is 29.6 Å². The normalized spacial score (nSPS) is 25.9. The van der Waals surface area contributed by atoms with E-state index in [1.54, 1.807) is 0 Å². The third-order valence-electron chi connectivity index (χ3n) is 6.15. The van der Waals surface area contributed by atoms with E-state index in [9.17, 15) is 21.2 Å². The Hall–Kier alpha value is -1.03. The molecule has 2 aliphatic rings. The standard InChI is InChI=1S/C20H31FN2O4S2/c1-15-11-16(21)7-8-18(15)29(26,27)19-13-28(24,25)12-17(19)22-14-20(2,3)23-9-5-4-6-10-23/h7-8,11,17,19,22H,4-6,9-10,12-14H2,1-3H3/t17-,19-/m0/s1. The summed E-state index contributed by atoms with van der Waals surface area (Å²) in [6.07, 6.45) is 3.50. The van der Waals surface area contributed by atoms with Crippen LogP contribution < -0.4 is 5.32 Å². The zero-order valence-electron chi connectivity index (χ0n) is 17.3. The Bertz CT molecular complexity index is 955. The third kappa shape index (κ3) is 5.00. The first-order valence-electron chi connectivity index (χ1n) is 10.1. The summed E-state index contributed by atoms with van der Waals surface area (Å²) in [7, 11) is -7.40. The molecular weight excluding hydrogens is 415 g/mol. The van der Waals surface area contributed by atoms with E-state index < -0.39 is 42.5 Å². The van der Waals surface area contributed by atoms with Crippen LogP contribution in [0.15, 0.2) is 23.1 Å². The molecule has 0 bridgehead atoms. The average Bonchev–Trinajstić information content (AvgIpc) is 2.96. The molecule has 1 aromatic carbocycles. The molecule has 0 saturated carbocycles. The van der Waals surface area contributed by atoms with Crippen LogP contribution in [0.2, 0.25) is 0 Å². The zero-order chi connectivity index (χ0) is 21.4. The van der Waals surface area contributed by atoms with Gasteiger partial charge >= 0.3 is 0 Å². The molecule has 0 radical (unpaired) electrons. The number of benzene rings is 1. The summed E-state index contributed by atoms with van der Waals surface area (Å²) >= 11 is 0. The van der Waals surface area contributed by atoms with Gasteiger partial charge in [0.05, 0.1) is 21.7 Å². The predicted octanol–water partition coefficient (Wildman–Crippen LogP) is 1.93. The van der Waals surface area contributed by atoms with Crippen LogP contribution in [-0.4, -0.2) is 69.7 Å². The van der Waals surface area contributed by atoms with Crippen molar-refractivity contribution in [3.63, 3.8) is 0 Å². The topological polar surface area (TPSA) is 83.5 Å². The number of hydrogen-bond acceptors (Lipinski definition) is 6. The van der Waals surface area contributed by atoms with Gasteiger partial charge in [0.15, 0.2) is 19.7 Å². The first kappa shape index (κ1) is 22.7. The van der Waals surface area contributed by atoms with Crippen LogP contribution in [0.25, 0.3) is 0 Å². The van der Waals surface area contributed by atoms with Crippen LogP contribution >= 0.6 is 0 Å². The molecule has 0 spiro atoms. The molecule has 164 valence electrons. The van der Waals surface area contributed by atoms with E-state index in [-0.39, 0.29) is 16.2 Å². The monoisotopic (exact) mass is 446 g/mol. The molecule has 0 aromatic heterocycles. The zero-order valence-corrected chi connectivity index (χ0v) is 19.0. The summed E-state index contributed by atoms with van der Waals surface area (Å²) in [6, 6.07) is 2.82. The van der Waals surface area contributed by atoms with Gasteiger partial charge in [-0.15, -0.1) is 0 Å². The van der Waals surface area contributed by atoms with Gasteiger partial charge in [0.25, 0.3) is 0 Å². The number of halogens is 1. The largest absolute Gasteiger partial charge is 0.310 e. The summed E-state index contributed by atoms with van der Waals surface area (Å²) in [4.78, 5) is 2.38. The summed E-state index contributed by atoms with van der Waals surface area (Å²) in [5.74, 6) is -1.13. The summed E-state index contributed by atoms with van der Waals surface area (Å²) in [5, 5.41) is 2.18. The van der Waals surface area contributed by atoms with Crippen LogP contribution in [0.1, 0.15) is 38.7 Å². The molecule has 29 heavy (non-hydrogen) atoms. The quantitative estimate of drug-likeness (QED) is 0.673. The minimum Gasteiger partial charge on any atom is -0.310 e. The van der Waals surface area contributed by atoms with Crippen molar-refractivity contribution < 1.29 is 21.2 Å². The van der Waals surface area contributed by atoms with Gasteiger partial charge in [-0.3, -0.25) is 4.90 Å². The minimum atomic E-state index is -3.92. The lowest BCUT2D eigenvalue weighted by atomic mass is 9.98. The molecule has 1 N–H and O–H groups in total. The van der Waals surface area contributed by atoms with E-state index in [0.717, 1.165) is 38.1 Å². The number of aryl methyl sites for hydroxylation is 1. The van der Waals surface area contributed by atoms with Crippen LogP contribution in [0.3, 0.4) is 0 Å². The maximum atomic E-state index is 13.4. The van der Waals surface area contributed by atoms with Gasteiger partial charge in [-0.05, 0) is 70.5 Å². The van der Waals surface area contributed by atoms with Crippen molar-refractivity contribution in [2.24, 2.45) is 0 Å². The summed E-state index contributed by atoms with van der Waals surface area (Å²) < 4.78 is 64.6. The van der Waals surface area contributed by atoms with E-state index in [2.05, 4.69) is 24.1 Å². The highest BCUT2D eigenvalue weighted by atomic mass is 32.2.